The first-order valence-corrected chi connectivity index (χ1v) is 12.0. The maximum atomic E-state index is 13.3. The minimum absolute atomic E-state index is 0.0316. The van der Waals surface area contributed by atoms with E-state index in [1.54, 1.807) is 4.57 Å². The Morgan fingerprint density at radius 2 is 1.53 bits per heavy atom. The van der Waals surface area contributed by atoms with Crippen molar-refractivity contribution in [2.75, 3.05) is 17.2 Å². The van der Waals surface area contributed by atoms with Crippen molar-refractivity contribution in [3.05, 3.63) is 53.1 Å². The van der Waals surface area contributed by atoms with Crippen molar-refractivity contribution in [2.24, 2.45) is 0 Å². The van der Waals surface area contributed by atoms with Crippen LogP contribution in [0.15, 0.2) is 30.3 Å². The maximum absolute atomic E-state index is 13.3. The van der Waals surface area contributed by atoms with Crippen molar-refractivity contribution < 1.29 is 4.79 Å². The Morgan fingerprint density at radius 1 is 0.882 bits per heavy atom. The van der Waals surface area contributed by atoms with Gasteiger partial charge in [0, 0.05) is 12.1 Å². The molecule has 0 unspecified atom stereocenters. The number of H-pyrrole nitrogens is 1. The molecule has 0 spiro atoms. The van der Waals surface area contributed by atoms with E-state index in [2.05, 4.69) is 11.9 Å². The van der Waals surface area contributed by atoms with E-state index in [9.17, 15) is 4.79 Å². The first-order chi connectivity index (χ1) is 16.5. The number of nitrogens with two attached hydrogens (primary N) is 3. The number of aromatic nitrogens is 4. The van der Waals surface area contributed by atoms with Crippen LogP contribution in [0.3, 0.4) is 0 Å². The molecule has 0 saturated carbocycles. The zero-order valence-corrected chi connectivity index (χ0v) is 19.5. The van der Waals surface area contributed by atoms with E-state index in [1.807, 2.05) is 30.3 Å². The molecule has 2 aliphatic rings. The van der Waals surface area contributed by atoms with Crippen LogP contribution < -0.4 is 17.2 Å². The third kappa shape index (κ3) is 3.89. The first kappa shape index (κ1) is 22.0. The van der Waals surface area contributed by atoms with Crippen LogP contribution in [0, 0.1) is 0 Å². The van der Waals surface area contributed by atoms with Gasteiger partial charge in [-0.25, -0.2) is 0 Å². The number of nitrogen functional groups attached to an aromatic ring is 3. The molecule has 176 valence electrons. The Balaban J connectivity index is 1.83. The number of fused-ring (bicyclic) bond motifs is 8. The highest BCUT2D eigenvalue weighted by Crippen LogP contribution is 2.28. The molecule has 3 aromatic rings. The van der Waals surface area contributed by atoms with Gasteiger partial charge in [0.2, 0.25) is 5.91 Å². The highest BCUT2D eigenvalue weighted by atomic mass is 16.2. The zero-order valence-electron chi connectivity index (χ0n) is 19.5. The van der Waals surface area contributed by atoms with E-state index in [0.29, 0.717) is 41.8 Å². The van der Waals surface area contributed by atoms with Gasteiger partial charge in [0.15, 0.2) is 0 Å². The summed E-state index contributed by atoms with van der Waals surface area (Å²) in [6, 6.07) is 9.65. The molecule has 8 nitrogen and oxygen atoms in total. The van der Waals surface area contributed by atoms with Gasteiger partial charge in [0.25, 0.3) is 0 Å². The number of unbranched alkanes of at least 4 members (excludes halogenated alkanes) is 2. The number of hydrogen-bond acceptors (Lipinski definition) is 6. The molecule has 0 atom stereocenters. The number of nitrogens with zero attached hydrogens (tertiary/aromatic N) is 3. The number of aryl methyl sites for hydroxylation is 4. The number of hydrogen-bond donors (Lipinski definition) is 4. The van der Waals surface area contributed by atoms with Crippen LogP contribution in [0.4, 0.5) is 17.1 Å². The van der Waals surface area contributed by atoms with Gasteiger partial charge in [-0.1, -0.05) is 19.8 Å². The molecule has 8 heteroatoms. The van der Waals surface area contributed by atoms with Gasteiger partial charge in [0.1, 0.15) is 0 Å². The molecule has 0 radical (unpaired) electrons. The van der Waals surface area contributed by atoms with Crippen molar-refractivity contribution in [3.63, 3.8) is 0 Å². The van der Waals surface area contributed by atoms with Gasteiger partial charge < -0.3 is 22.2 Å². The van der Waals surface area contributed by atoms with Gasteiger partial charge in [0.05, 0.1) is 56.2 Å². The minimum Gasteiger partial charge on any atom is -0.396 e. The summed E-state index contributed by atoms with van der Waals surface area (Å²) in [5.74, 6) is 0.0316. The Kier molecular flexibility index (Phi) is 5.73. The highest BCUT2D eigenvalue weighted by Gasteiger charge is 2.18. The lowest BCUT2D eigenvalue weighted by Crippen LogP contribution is -2.11. The lowest BCUT2D eigenvalue weighted by Gasteiger charge is -2.07. The van der Waals surface area contributed by atoms with E-state index < -0.39 is 0 Å². The third-order valence-corrected chi connectivity index (χ3v) is 6.71. The molecule has 0 aromatic carbocycles. The normalized spacial score (nSPS) is 13.3. The fourth-order valence-corrected chi connectivity index (χ4v) is 4.76. The van der Waals surface area contributed by atoms with Gasteiger partial charge in [-0.3, -0.25) is 19.3 Å². The minimum atomic E-state index is 0.0316. The van der Waals surface area contributed by atoms with Crippen LogP contribution in [0.1, 0.15) is 60.2 Å². The zero-order chi connectivity index (χ0) is 23.8. The molecule has 5 heterocycles. The van der Waals surface area contributed by atoms with Crippen LogP contribution in [-0.2, 0) is 25.7 Å². The van der Waals surface area contributed by atoms with E-state index in [1.165, 1.54) is 0 Å². The van der Waals surface area contributed by atoms with E-state index in [-0.39, 0.29) is 5.91 Å². The smallest absolute Gasteiger partial charge is 0.231 e. The Hall–Kier alpha value is -3.81. The summed E-state index contributed by atoms with van der Waals surface area (Å²) in [5, 5.41) is 0. The van der Waals surface area contributed by atoms with Gasteiger partial charge in [-0.05, 0) is 62.4 Å². The molecule has 7 N–H and O–H groups in total. The molecule has 0 aliphatic carbocycles. The average molecular weight is 458 g/mol. The summed E-state index contributed by atoms with van der Waals surface area (Å²) in [4.78, 5) is 26.2. The molecule has 5 rings (SSSR count). The van der Waals surface area contributed by atoms with Crippen LogP contribution >= 0.6 is 0 Å². The monoisotopic (exact) mass is 457 g/mol. The summed E-state index contributed by atoms with van der Waals surface area (Å²) in [6.45, 7) is 2.13. The number of carbonyl (C=O) groups excluding carboxylic acids is 1. The molecule has 3 aromatic heterocycles. The van der Waals surface area contributed by atoms with Crippen molar-refractivity contribution in [1.82, 2.24) is 19.5 Å². The van der Waals surface area contributed by atoms with E-state index >= 15 is 0 Å². The molecule has 0 amide bonds. The quantitative estimate of drug-likeness (QED) is 0.430. The number of aromatic amines is 1. The fraction of sp³-hybridized carbons (Fsp3) is 0.346. The van der Waals surface area contributed by atoms with Crippen LogP contribution in [0.5, 0.6) is 0 Å². The van der Waals surface area contributed by atoms with Gasteiger partial charge in [-0.15, -0.1) is 0 Å². The molecule has 0 saturated heterocycles. The van der Waals surface area contributed by atoms with Crippen molar-refractivity contribution in [1.29, 1.82) is 0 Å². The van der Waals surface area contributed by atoms with Crippen molar-refractivity contribution in [2.45, 2.75) is 58.3 Å². The lowest BCUT2D eigenvalue weighted by atomic mass is 10.2. The van der Waals surface area contributed by atoms with Crippen molar-refractivity contribution >= 4 is 45.0 Å². The first-order valence-electron chi connectivity index (χ1n) is 12.0. The number of nitrogens with one attached hydrogen (secondary N) is 1. The fourth-order valence-electron chi connectivity index (χ4n) is 4.76. The Bertz CT molecular complexity index is 1430. The summed E-state index contributed by atoms with van der Waals surface area (Å²) in [7, 11) is 0. The van der Waals surface area contributed by atoms with Crippen LogP contribution in [-0.4, -0.2) is 25.4 Å². The second-order valence-corrected chi connectivity index (χ2v) is 9.06. The van der Waals surface area contributed by atoms with Crippen LogP contribution in [0.25, 0.3) is 22.1 Å². The van der Waals surface area contributed by atoms with E-state index in [0.717, 1.165) is 71.4 Å². The third-order valence-electron chi connectivity index (χ3n) is 6.71. The molecule has 0 fully saturated rings. The lowest BCUT2D eigenvalue weighted by molar-refractivity contribution is 0.0909. The Labute approximate surface area is 198 Å². The number of anilines is 3. The second-order valence-electron chi connectivity index (χ2n) is 9.06. The molecular weight excluding hydrogens is 426 g/mol. The summed E-state index contributed by atoms with van der Waals surface area (Å²) < 4.78 is 1.73. The van der Waals surface area contributed by atoms with Gasteiger partial charge >= 0.3 is 0 Å². The molecule has 34 heavy (non-hydrogen) atoms. The Morgan fingerprint density at radius 3 is 2.24 bits per heavy atom. The topological polar surface area (TPSA) is 142 Å². The number of carbonyl (C=O) groups is 1. The van der Waals surface area contributed by atoms with Gasteiger partial charge in [-0.2, -0.15) is 0 Å². The van der Waals surface area contributed by atoms with Crippen molar-refractivity contribution in [3.8, 4) is 0 Å². The second kappa shape index (κ2) is 8.85. The highest BCUT2D eigenvalue weighted by molar-refractivity contribution is 5.94. The largest absolute Gasteiger partial charge is 0.396 e. The van der Waals surface area contributed by atoms with Crippen LogP contribution in [0.2, 0.25) is 0 Å². The number of rotatable bonds is 4. The molecule has 2 aliphatic heterocycles. The predicted molar refractivity (Wildman–Crippen MR) is 137 cm³/mol. The maximum Gasteiger partial charge on any atom is 0.231 e. The predicted octanol–water partition coefficient (Wildman–Crippen LogP) is 4.33. The summed E-state index contributed by atoms with van der Waals surface area (Å²) in [5.41, 5.74) is 27.5. The SMILES string of the molecule is CCCCCC(=O)n1c2ccc1c(N)c1nc(c(N)c3ccc([nH]3)c(N)c3nc(c2)CC3)CC1. The summed E-state index contributed by atoms with van der Waals surface area (Å²) >= 11 is 0. The average Bonchev–Trinajstić information content (AvgIpc) is 3.64. The molecule has 8 bridgehead atoms. The molecular formula is C26H31N7O. The standard InChI is InChI=1S/C26H31N7O/c1-2-3-4-5-23(34)33-16-7-13-22(33)26(29)21-12-11-20(32-21)25(28)19-10-9-18(31-19)24(27)17-8-6-15(14-16)30-17/h7,9-10,13-14,31H,2-6,8,11-12,27-29H2,1H3. The summed E-state index contributed by atoms with van der Waals surface area (Å²) in [6.07, 6.45) is 6.23. The van der Waals surface area contributed by atoms with E-state index in [4.69, 9.17) is 27.2 Å².